The van der Waals surface area contributed by atoms with E-state index in [2.05, 4.69) is 104 Å². The van der Waals surface area contributed by atoms with Crippen molar-refractivity contribution in [3.63, 3.8) is 0 Å². The van der Waals surface area contributed by atoms with E-state index in [1.807, 2.05) is 0 Å². The predicted molar refractivity (Wildman–Crippen MR) is 238 cm³/mol. The van der Waals surface area contributed by atoms with Crippen LogP contribution >= 0.6 is 7.82 Å². The van der Waals surface area contributed by atoms with Crippen molar-refractivity contribution >= 4 is 19.7 Å². The highest BCUT2D eigenvalue weighted by atomic mass is 31.2. The third kappa shape index (κ3) is 44.1. The lowest BCUT2D eigenvalue weighted by atomic mass is 10.1. The Morgan fingerprint density at radius 1 is 0.561 bits per heavy atom. The van der Waals surface area contributed by atoms with Crippen molar-refractivity contribution < 1.29 is 37.9 Å². The summed E-state index contributed by atoms with van der Waals surface area (Å²) in [5.41, 5.74) is 0. The Labute approximate surface area is 347 Å². The number of nitrogens with one attached hydrogen (secondary N) is 1. The molecule has 0 aliphatic heterocycles. The lowest BCUT2D eigenvalue weighted by Gasteiger charge is -2.15. The number of carbonyl (C=O) groups excluding carboxylic acids is 2. The van der Waals surface area contributed by atoms with Crippen LogP contribution in [0.1, 0.15) is 168 Å². The smallest absolute Gasteiger partial charge is 0.463 e. The molecule has 0 rings (SSSR count). The molecule has 0 radical (unpaired) electrons. The molecule has 0 saturated carbocycles. The van der Waals surface area contributed by atoms with Crippen molar-refractivity contribution in [3.8, 4) is 0 Å². The largest absolute Gasteiger partial charge is 0.472 e. The van der Waals surface area contributed by atoms with Crippen LogP contribution in [0.2, 0.25) is 0 Å². The Balaban J connectivity index is 3.69. The average Bonchev–Trinajstić information content (AvgIpc) is 3.20. The molecule has 1 amide bonds. The number of ether oxygens (including phenoxy) is 1. The van der Waals surface area contributed by atoms with Crippen LogP contribution in [-0.2, 0) is 27.9 Å². The maximum absolute atomic E-state index is 12.1. The molecule has 57 heavy (non-hydrogen) atoms. The van der Waals surface area contributed by atoms with Crippen LogP contribution in [0.4, 0.5) is 0 Å². The van der Waals surface area contributed by atoms with E-state index in [1.165, 1.54) is 44.9 Å². The summed E-state index contributed by atoms with van der Waals surface area (Å²) < 4.78 is 26.9. The number of aliphatic hydroxyl groups excluding tert-OH is 1. The van der Waals surface area contributed by atoms with Crippen LogP contribution in [-0.4, -0.2) is 54.3 Å². The number of rotatable bonds is 40. The Hall–Kier alpha value is -2.81. The van der Waals surface area contributed by atoms with Crippen LogP contribution in [0.25, 0.3) is 0 Å². The number of unbranched alkanes of at least 4 members (excludes halogenated alkanes) is 13. The summed E-state index contributed by atoms with van der Waals surface area (Å²) in [6.45, 7) is 3.35. The standard InChI is InChI=1S/C47H80NO8P/c1-3-5-7-9-11-13-15-17-19-21-22-24-25-27-29-31-33-35-37-39-46(50)48-41-42-55-57(52,53)56-44-45(49)43-54-47(51)40-38-36-34-32-30-28-26-23-20-18-16-14-12-10-8-6-4-2/h6,8,11-14,17-20,22,24,27,29,45,49H,3-5,7,9-10,15-16,21,23,25-26,28,30-44H2,1-2H3,(H,48,50)(H,52,53)/b8-6-,13-11-,14-12-,19-17-,20-18-,24-22-,29-27-. The van der Waals surface area contributed by atoms with Gasteiger partial charge in [0.1, 0.15) is 12.7 Å². The second-order valence-corrected chi connectivity index (χ2v) is 15.7. The average molecular weight is 818 g/mol. The molecule has 0 spiro atoms. The fraction of sp³-hybridized carbons (Fsp3) is 0.660. The van der Waals surface area contributed by atoms with Gasteiger partial charge in [-0.1, -0.05) is 150 Å². The van der Waals surface area contributed by atoms with E-state index in [1.54, 1.807) is 0 Å². The number of esters is 1. The Morgan fingerprint density at radius 2 is 1.00 bits per heavy atom. The lowest BCUT2D eigenvalue weighted by Crippen LogP contribution is -2.27. The first kappa shape index (κ1) is 54.2. The second-order valence-electron chi connectivity index (χ2n) is 14.3. The van der Waals surface area contributed by atoms with Crippen LogP contribution in [0.5, 0.6) is 0 Å². The molecule has 0 fully saturated rings. The van der Waals surface area contributed by atoms with Gasteiger partial charge in [0, 0.05) is 19.4 Å². The third-order valence-corrected chi connectivity index (χ3v) is 9.79. The minimum absolute atomic E-state index is 0.0584. The summed E-state index contributed by atoms with van der Waals surface area (Å²) in [6.07, 6.45) is 53.7. The second kappa shape index (κ2) is 42.8. The van der Waals surface area contributed by atoms with E-state index in [-0.39, 0.29) is 32.1 Å². The summed E-state index contributed by atoms with van der Waals surface area (Å²) in [6, 6.07) is 0. The highest BCUT2D eigenvalue weighted by Crippen LogP contribution is 2.42. The summed E-state index contributed by atoms with van der Waals surface area (Å²) in [4.78, 5) is 33.9. The van der Waals surface area contributed by atoms with Crippen molar-refractivity contribution in [2.45, 2.75) is 174 Å². The molecule has 0 aliphatic rings. The van der Waals surface area contributed by atoms with Crippen LogP contribution in [0, 0.1) is 0 Å². The fourth-order valence-electron chi connectivity index (χ4n) is 5.49. The molecule has 0 bridgehead atoms. The summed E-state index contributed by atoms with van der Waals surface area (Å²) in [5.74, 6) is -0.564. The number of carbonyl (C=O) groups is 2. The zero-order valence-corrected chi connectivity index (χ0v) is 36.6. The molecule has 0 heterocycles. The van der Waals surface area contributed by atoms with E-state index in [0.29, 0.717) is 6.42 Å². The number of hydrogen-bond donors (Lipinski definition) is 3. The van der Waals surface area contributed by atoms with Crippen molar-refractivity contribution in [1.82, 2.24) is 5.32 Å². The van der Waals surface area contributed by atoms with Gasteiger partial charge in [0.25, 0.3) is 0 Å². The minimum Gasteiger partial charge on any atom is -0.463 e. The predicted octanol–water partition coefficient (Wildman–Crippen LogP) is 12.4. The molecule has 2 atom stereocenters. The van der Waals surface area contributed by atoms with Gasteiger partial charge >= 0.3 is 13.8 Å². The van der Waals surface area contributed by atoms with E-state index in [9.17, 15) is 24.2 Å². The van der Waals surface area contributed by atoms with E-state index in [4.69, 9.17) is 13.8 Å². The molecule has 0 aliphatic carbocycles. The van der Waals surface area contributed by atoms with Gasteiger partial charge in [-0.05, 0) is 89.9 Å². The van der Waals surface area contributed by atoms with Gasteiger partial charge in [-0.3, -0.25) is 18.6 Å². The molecule has 326 valence electrons. The normalized spacial score (nSPS) is 14.1. The number of aliphatic hydroxyl groups is 1. The molecular weight excluding hydrogens is 737 g/mol. The molecule has 0 aromatic heterocycles. The zero-order valence-electron chi connectivity index (χ0n) is 35.8. The van der Waals surface area contributed by atoms with E-state index >= 15 is 0 Å². The van der Waals surface area contributed by atoms with Gasteiger partial charge in [-0.2, -0.15) is 0 Å². The van der Waals surface area contributed by atoms with Crippen molar-refractivity contribution in [1.29, 1.82) is 0 Å². The Kier molecular flexibility index (Phi) is 40.7. The topological polar surface area (TPSA) is 131 Å². The molecule has 9 nitrogen and oxygen atoms in total. The quantitative estimate of drug-likeness (QED) is 0.0241. The Morgan fingerprint density at radius 3 is 1.53 bits per heavy atom. The van der Waals surface area contributed by atoms with Crippen molar-refractivity contribution in [2.24, 2.45) is 0 Å². The van der Waals surface area contributed by atoms with Crippen LogP contribution < -0.4 is 5.32 Å². The maximum Gasteiger partial charge on any atom is 0.472 e. The highest BCUT2D eigenvalue weighted by Gasteiger charge is 2.23. The summed E-state index contributed by atoms with van der Waals surface area (Å²) in [5, 5.41) is 12.7. The number of amides is 1. The van der Waals surface area contributed by atoms with Gasteiger partial charge in [-0.15, -0.1) is 0 Å². The van der Waals surface area contributed by atoms with Gasteiger partial charge in [-0.25, -0.2) is 4.57 Å². The van der Waals surface area contributed by atoms with Gasteiger partial charge in [0.2, 0.25) is 5.91 Å². The number of phosphoric acid groups is 1. The van der Waals surface area contributed by atoms with E-state index in [0.717, 1.165) is 96.3 Å². The van der Waals surface area contributed by atoms with Crippen LogP contribution in [0.15, 0.2) is 85.1 Å². The minimum atomic E-state index is -4.43. The molecule has 0 aromatic carbocycles. The first-order valence-corrected chi connectivity index (χ1v) is 23.6. The molecule has 0 saturated heterocycles. The SMILES string of the molecule is CC/C=C\C/C=C\C/C=C\CCCCCCCCCC(=O)OCC(O)COP(=O)(O)OCCNC(=O)CCCCC/C=C\C/C=C\C/C=C\C/C=C\CCCCC. The van der Waals surface area contributed by atoms with Gasteiger partial charge in [0.05, 0.1) is 13.2 Å². The third-order valence-electron chi connectivity index (χ3n) is 8.81. The zero-order chi connectivity index (χ0) is 41.8. The van der Waals surface area contributed by atoms with Gasteiger partial charge in [0.15, 0.2) is 0 Å². The van der Waals surface area contributed by atoms with Crippen molar-refractivity contribution in [3.05, 3.63) is 85.1 Å². The lowest BCUT2D eigenvalue weighted by molar-refractivity contribution is -0.147. The highest BCUT2D eigenvalue weighted by molar-refractivity contribution is 7.47. The molecule has 3 N–H and O–H groups in total. The van der Waals surface area contributed by atoms with Crippen molar-refractivity contribution in [2.75, 3.05) is 26.4 Å². The molecule has 0 aromatic rings. The van der Waals surface area contributed by atoms with Gasteiger partial charge < -0.3 is 20.1 Å². The number of allylic oxidation sites excluding steroid dienone is 14. The van der Waals surface area contributed by atoms with Crippen LogP contribution in [0.3, 0.4) is 0 Å². The first-order chi connectivity index (χ1) is 27.8. The first-order valence-electron chi connectivity index (χ1n) is 22.1. The summed E-state index contributed by atoms with van der Waals surface area (Å²) in [7, 11) is -4.43. The Bertz CT molecular complexity index is 1210. The summed E-state index contributed by atoms with van der Waals surface area (Å²) >= 11 is 0. The maximum atomic E-state index is 12.1. The monoisotopic (exact) mass is 818 g/mol. The molecule has 10 heteroatoms. The molecule has 2 unspecified atom stereocenters. The fourth-order valence-corrected chi connectivity index (χ4v) is 6.25. The molecular formula is C47H80NO8P. The number of phosphoric ester groups is 1. The number of hydrogen-bond acceptors (Lipinski definition) is 7. The van der Waals surface area contributed by atoms with E-state index < -0.39 is 26.5 Å².